The summed E-state index contributed by atoms with van der Waals surface area (Å²) in [4.78, 5) is 0. The lowest BCUT2D eigenvalue weighted by molar-refractivity contribution is 0.843. The van der Waals surface area contributed by atoms with Gasteiger partial charge in [0.15, 0.2) is 0 Å². The van der Waals surface area contributed by atoms with Crippen LogP contribution in [0.15, 0.2) is 48.6 Å². The lowest BCUT2D eigenvalue weighted by atomic mass is 10.1. The van der Waals surface area contributed by atoms with Gasteiger partial charge in [0, 0.05) is 0 Å². The molecule has 63 valence electrons. The van der Waals surface area contributed by atoms with Crippen LogP contribution in [0.4, 0.5) is 0 Å². The van der Waals surface area contributed by atoms with Crippen LogP contribution in [0.5, 0.6) is 0 Å². The highest BCUT2D eigenvalue weighted by atomic mass is 13.9. The van der Waals surface area contributed by atoms with Gasteiger partial charge in [0.05, 0.1) is 0 Å². The van der Waals surface area contributed by atoms with Crippen molar-refractivity contribution in [3.8, 4) is 0 Å². The van der Waals surface area contributed by atoms with E-state index in [0.29, 0.717) is 0 Å². The van der Waals surface area contributed by atoms with E-state index in [0.717, 1.165) is 0 Å². The summed E-state index contributed by atoms with van der Waals surface area (Å²) in [5.74, 6) is 0. The van der Waals surface area contributed by atoms with Gasteiger partial charge in [-0.2, -0.15) is 0 Å². The third-order valence-electron chi connectivity index (χ3n) is 1.68. The van der Waals surface area contributed by atoms with Gasteiger partial charge in [0.1, 0.15) is 0 Å². The molecule has 0 aromatic rings. The van der Waals surface area contributed by atoms with Crippen molar-refractivity contribution in [2.45, 2.75) is 19.3 Å². The average molecular weight is 159 g/mol. The summed E-state index contributed by atoms with van der Waals surface area (Å²) in [5, 5.41) is 0. The van der Waals surface area contributed by atoms with Crippen molar-refractivity contribution in [2.24, 2.45) is 0 Å². The highest BCUT2D eigenvalue weighted by Gasteiger charge is 1.82. The molecule has 1 radical (unpaired) electrons. The van der Waals surface area contributed by atoms with E-state index in [1.165, 1.54) is 19.3 Å². The first-order valence-corrected chi connectivity index (χ1v) is 4.48. The van der Waals surface area contributed by atoms with E-state index in [1.54, 1.807) is 0 Å². The average Bonchev–Trinajstić information content (AvgIpc) is 2.05. The van der Waals surface area contributed by atoms with Crippen molar-refractivity contribution < 1.29 is 0 Å². The van der Waals surface area contributed by atoms with Crippen LogP contribution in [-0.2, 0) is 0 Å². The molecule has 0 aliphatic heterocycles. The first kappa shape index (κ1) is 9.05. The third kappa shape index (κ3) is 4.73. The van der Waals surface area contributed by atoms with Crippen LogP contribution in [0.2, 0.25) is 0 Å². The largest absolute Gasteiger partial charge is 0.0845 e. The van der Waals surface area contributed by atoms with Crippen LogP contribution in [0.3, 0.4) is 0 Å². The summed E-state index contributed by atoms with van der Waals surface area (Å²) in [5.41, 5.74) is 0. The van der Waals surface area contributed by atoms with Crippen LogP contribution in [0.1, 0.15) is 19.3 Å². The molecule has 1 rings (SSSR count). The zero-order valence-electron chi connectivity index (χ0n) is 7.32. The van der Waals surface area contributed by atoms with E-state index in [1.807, 2.05) is 18.2 Å². The van der Waals surface area contributed by atoms with Gasteiger partial charge in [0.25, 0.3) is 0 Å². The second-order valence-electron chi connectivity index (χ2n) is 2.75. The molecule has 0 nitrogen and oxygen atoms in total. The van der Waals surface area contributed by atoms with Crippen molar-refractivity contribution in [3.63, 3.8) is 0 Å². The smallest absolute Gasteiger partial charge is 0.0167 e. The predicted molar refractivity (Wildman–Crippen MR) is 54.7 cm³/mol. The lowest BCUT2D eigenvalue weighted by Crippen LogP contribution is -1.73. The van der Waals surface area contributed by atoms with Gasteiger partial charge in [-0.3, -0.25) is 0 Å². The summed E-state index contributed by atoms with van der Waals surface area (Å²) < 4.78 is 0. The fraction of sp³-hybridized carbons (Fsp3) is 0.250. The van der Waals surface area contributed by atoms with E-state index in [2.05, 4.69) is 36.8 Å². The van der Waals surface area contributed by atoms with Crippen molar-refractivity contribution in [1.82, 2.24) is 0 Å². The van der Waals surface area contributed by atoms with Crippen LogP contribution in [-0.4, -0.2) is 0 Å². The van der Waals surface area contributed by atoms with Crippen molar-refractivity contribution >= 4 is 0 Å². The molecule has 0 saturated carbocycles. The fourth-order valence-corrected chi connectivity index (χ4v) is 1.02. The van der Waals surface area contributed by atoms with Gasteiger partial charge >= 0.3 is 0 Å². The van der Waals surface area contributed by atoms with Crippen LogP contribution in [0.25, 0.3) is 0 Å². The number of hydrogen-bond acceptors (Lipinski definition) is 0. The molecule has 0 fully saturated rings. The molecule has 0 unspecified atom stereocenters. The second-order valence-corrected chi connectivity index (χ2v) is 2.75. The minimum atomic E-state index is 1.18. The summed E-state index contributed by atoms with van der Waals surface area (Å²) in [7, 11) is 0. The highest BCUT2D eigenvalue weighted by molar-refractivity contribution is 5.17. The molecule has 0 aromatic heterocycles. The van der Waals surface area contributed by atoms with Gasteiger partial charge in [0.2, 0.25) is 0 Å². The molecule has 0 aromatic carbocycles. The molecule has 0 saturated heterocycles. The SMILES string of the molecule is [CH]1C=CC=CC=CC=CCCC1. The molecule has 0 amide bonds. The van der Waals surface area contributed by atoms with Gasteiger partial charge in [-0.15, -0.1) is 0 Å². The van der Waals surface area contributed by atoms with Gasteiger partial charge < -0.3 is 0 Å². The molecule has 0 atom stereocenters. The van der Waals surface area contributed by atoms with Gasteiger partial charge in [-0.25, -0.2) is 0 Å². The molecular formula is C12H15. The molecule has 12 heavy (non-hydrogen) atoms. The molecule has 1 aliphatic rings. The molecule has 0 bridgehead atoms. The Morgan fingerprint density at radius 1 is 0.583 bits per heavy atom. The summed E-state index contributed by atoms with van der Waals surface area (Å²) in [6.07, 6.45) is 22.5. The van der Waals surface area contributed by atoms with Crippen LogP contribution in [0, 0.1) is 6.42 Å². The fourth-order valence-electron chi connectivity index (χ4n) is 1.02. The van der Waals surface area contributed by atoms with E-state index >= 15 is 0 Å². The standard InChI is InChI=1S/C12H15/c1-2-4-6-8-10-12-11-9-7-5-3-1/h1-9H,10-12H2. The molecule has 0 N–H and O–H groups in total. The Morgan fingerprint density at radius 2 is 1.25 bits per heavy atom. The minimum Gasteiger partial charge on any atom is -0.0845 e. The molecule has 0 heteroatoms. The van der Waals surface area contributed by atoms with E-state index in [9.17, 15) is 0 Å². The van der Waals surface area contributed by atoms with E-state index in [4.69, 9.17) is 0 Å². The number of hydrogen-bond donors (Lipinski definition) is 0. The molecule has 0 heterocycles. The molecule has 1 aliphatic carbocycles. The van der Waals surface area contributed by atoms with Crippen molar-refractivity contribution in [2.75, 3.05) is 0 Å². The van der Waals surface area contributed by atoms with Gasteiger partial charge in [-0.1, -0.05) is 48.6 Å². The maximum absolute atomic E-state index is 2.21. The Balaban J connectivity index is 2.43. The zero-order chi connectivity index (χ0) is 8.49. The Labute approximate surface area is 75.0 Å². The van der Waals surface area contributed by atoms with Crippen LogP contribution < -0.4 is 0 Å². The molecular weight excluding hydrogens is 144 g/mol. The summed E-state index contributed by atoms with van der Waals surface area (Å²) in [6, 6.07) is 0. The summed E-state index contributed by atoms with van der Waals surface area (Å²) in [6.45, 7) is 0. The normalized spacial score (nSPS) is 18.7. The number of rotatable bonds is 0. The Kier molecular flexibility index (Phi) is 5.02. The maximum atomic E-state index is 2.21. The third-order valence-corrected chi connectivity index (χ3v) is 1.68. The second kappa shape index (κ2) is 6.66. The zero-order valence-corrected chi connectivity index (χ0v) is 7.32. The first-order valence-electron chi connectivity index (χ1n) is 4.48. The van der Waals surface area contributed by atoms with Crippen molar-refractivity contribution in [1.29, 1.82) is 0 Å². The summed E-state index contributed by atoms with van der Waals surface area (Å²) >= 11 is 0. The lowest BCUT2D eigenvalue weighted by Gasteiger charge is -1.91. The van der Waals surface area contributed by atoms with E-state index < -0.39 is 0 Å². The monoisotopic (exact) mass is 159 g/mol. The quantitative estimate of drug-likeness (QED) is 0.506. The Morgan fingerprint density at radius 3 is 2.08 bits per heavy atom. The first-order chi connectivity index (χ1) is 6.00. The Bertz CT molecular complexity index is 180. The Hall–Kier alpha value is -1.04. The topological polar surface area (TPSA) is 0 Å². The predicted octanol–water partition coefficient (Wildman–Crippen LogP) is 3.60. The van der Waals surface area contributed by atoms with Crippen molar-refractivity contribution in [3.05, 3.63) is 55.0 Å². The number of allylic oxidation sites excluding steroid dienone is 8. The highest BCUT2D eigenvalue weighted by Crippen LogP contribution is 2.01. The van der Waals surface area contributed by atoms with Gasteiger partial charge in [-0.05, 0) is 25.7 Å². The molecule has 0 spiro atoms. The minimum absolute atomic E-state index is 1.18. The van der Waals surface area contributed by atoms with Crippen LogP contribution >= 0.6 is 0 Å². The maximum Gasteiger partial charge on any atom is -0.0167 e. The van der Waals surface area contributed by atoms with E-state index in [-0.39, 0.29) is 0 Å².